The van der Waals surface area contributed by atoms with Gasteiger partial charge in [0, 0.05) is 18.7 Å². The number of rotatable bonds is 8. The Bertz CT molecular complexity index is 552. The molecule has 25 heavy (non-hydrogen) atoms. The molecular formula is C20H32N2O3. The number of nitrogens with one attached hydrogen (secondary N) is 1. The van der Waals surface area contributed by atoms with Crippen molar-refractivity contribution in [3.63, 3.8) is 0 Å². The number of methoxy groups -OCH3 is 1. The fourth-order valence-corrected chi connectivity index (χ4v) is 3.05. The van der Waals surface area contributed by atoms with Crippen molar-refractivity contribution in [1.82, 2.24) is 10.2 Å². The molecular weight excluding hydrogens is 316 g/mol. The summed E-state index contributed by atoms with van der Waals surface area (Å²) in [6.07, 6.45) is 2.12. The largest absolute Gasteiger partial charge is 0.493 e. The molecule has 1 aliphatic rings. The Balaban J connectivity index is 1.97. The minimum absolute atomic E-state index is 0.0793. The second-order valence-electron chi connectivity index (χ2n) is 7.11. The predicted octanol–water partition coefficient (Wildman–Crippen LogP) is 3.19. The number of benzene rings is 1. The highest BCUT2D eigenvalue weighted by atomic mass is 16.5. The number of likely N-dealkylation sites (tertiary alicyclic amines) is 1. The second kappa shape index (κ2) is 9.66. The summed E-state index contributed by atoms with van der Waals surface area (Å²) in [5.41, 5.74) is 0.666. The SMILES string of the molecule is CCNCC1CCN(C(=O)c2ccc(OCC(C)C)c(OC)c2)CC1. The Kier molecular flexibility index (Phi) is 7.56. The van der Waals surface area contributed by atoms with Gasteiger partial charge in [-0.3, -0.25) is 4.79 Å². The second-order valence-corrected chi connectivity index (χ2v) is 7.11. The van der Waals surface area contributed by atoms with Gasteiger partial charge in [0.2, 0.25) is 0 Å². The van der Waals surface area contributed by atoms with Gasteiger partial charge >= 0.3 is 0 Å². The van der Waals surface area contributed by atoms with Gasteiger partial charge in [0.1, 0.15) is 0 Å². The number of nitrogens with zero attached hydrogens (tertiary/aromatic N) is 1. The van der Waals surface area contributed by atoms with Gasteiger partial charge in [0.15, 0.2) is 11.5 Å². The summed E-state index contributed by atoms with van der Waals surface area (Å²) < 4.78 is 11.2. The monoisotopic (exact) mass is 348 g/mol. The van der Waals surface area contributed by atoms with Crippen LogP contribution in [0.4, 0.5) is 0 Å². The molecule has 1 heterocycles. The molecule has 0 aromatic heterocycles. The summed E-state index contributed by atoms with van der Waals surface area (Å²) in [6.45, 7) is 10.7. The van der Waals surface area contributed by atoms with Crippen molar-refractivity contribution in [3.05, 3.63) is 23.8 Å². The molecule has 1 aromatic rings. The standard InChI is InChI=1S/C20H32N2O3/c1-5-21-13-16-8-10-22(11-9-16)20(23)17-6-7-18(19(12-17)24-4)25-14-15(2)3/h6-7,12,15-16,21H,5,8-11,13-14H2,1-4H3. The fraction of sp³-hybridized carbons (Fsp3) is 0.650. The molecule has 0 unspecified atom stereocenters. The lowest BCUT2D eigenvalue weighted by Gasteiger charge is -2.32. The maximum Gasteiger partial charge on any atom is 0.253 e. The third-order valence-corrected chi connectivity index (χ3v) is 4.57. The van der Waals surface area contributed by atoms with Gasteiger partial charge in [0.05, 0.1) is 13.7 Å². The molecule has 5 nitrogen and oxygen atoms in total. The first kappa shape index (κ1) is 19.6. The smallest absolute Gasteiger partial charge is 0.253 e. The first-order valence-electron chi connectivity index (χ1n) is 9.36. The van der Waals surface area contributed by atoms with Crippen LogP contribution in [0.1, 0.15) is 44.0 Å². The lowest BCUT2D eigenvalue weighted by Crippen LogP contribution is -2.40. The molecule has 0 saturated carbocycles. The zero-order valence-electron chi connectivity index (χ0n) is 16.0. The first-order valence-corrected chi connectivity index (χ1v) is 9.36. The normalized spacial score (nSPS) is 15.5. The lowest BCUT2D eigenvalue weighted by atomic mass is 9.96. The number of hydrogen-bond acceptors (Lipinski definition) is 4. The summed E-state index contributed by atoms with van der Waals surface area (Å²) in [5.74, 6) is 2.50. The van der Waals surface area contributed by atoms with Crippen molar-refractivity contribution in [2.45, 2.75) is 33.6 Å². The van der Waals surface area contributed by atoms with E-state index in [9.17, 15) is 4.79 Å². The van der Waals surface area contributed by atoms with Crippen LogP contribution in [0.2, 0.25) is 0 Å². The molecule has 1 aliphatic heterocycles. The van der Waals surface area contributed by atoms with Crippen molar-refractivity contribution in [1.29, 1.82) is 0 Å². The molecule has 5 heteroatoms. The zero-order valence-corrected chi connectivity index (χ0v) is 16.0. The predicted molar refractivity (Wildman–Crippen MR) is 100 cm³/mol. The number of carbonyl (C=O) groups excluding carboxylic acids is 1. The van der Waals surface area contributed by atoms with Gasteiger partial charge in [-0.2, -0.15) is 0 Å². The van der Waals surface area contributed by atoms with Crippen LogP contribution < -0.4 is 14.8 Å². The van der Waals surface area contributed by atoms with Gasteiger partial charge in [-0.15, -0.1) is 0 Å². The van der Waals surface area contributed by atoms with Gasteiger partial charge in [-0.25, -0.2) is 0 Å². The summed E-state index contributed by atoms with van der Waals surface area (Å²) in [5, 5.41) is 3.40. The van der Waals surface area contributed by atoms with Gasteiger partial charge in [0.25, 0.3) is 5.91 Å². The Morgan fingerprint density at radius 1 is 1.28 bits per heavy atom. The van der Waals surface area contributed by atoms with Crippen LogP contribution in [-0.2, 0) is 0 Å². The quantitative estimate of drug-likeness (QED) is 0.784. The van der Waals surface area contributed by atoms with E-state index in [0.717, 1.165) is 39.0 Å². The topological polar surface area (TPSA) is 50.8 Å². The summed E-state index contributed by atoms with van der Waals surface area (Å²) in [7, 11) is 1.61. The molecule has 140 valence electrons. The number of amides is 1. The molecule has 1 aromatic carbocycles. The van der Waals surface area contributed by atoms with Crippen LogP contribution in [0.5, 0.6) is 11.5 Å². The highest BCUT2D eigenvalue weighted by Crippen LogP contribution is 2.29. The van der Waals surface area contributed by atoms with E-state index in [0.29, 0.717) is 35.5 Å². The molecule has 0 atom stereocenters. The van der Waals surface area contributed by atoms with Crippen LogP contribution in [0.3, 0.4) is 0 Å². The molecule has 0 spiro atoms. The molecule has 2 rings (SSSR count). The number of hydrogen-bond donors (Lipinski definition) is 1. The van der Waals surface area contributed by atoms with Gasteiger partial charge in [-0.05, 0) is 56.0 Å². The molecule has 1 fully saturated rings. The van der Waals surface area contributed by atoms with Crippen LogP contribution >= 0.6 is 0 Å². The van der Waals surface area contributed by atoms with E-state index in [1.165, 1.54) is 0 Å². The molecule has 0 aliphatic carbocycles. The summed E-state index contributed by atoms with van der Waals surface area (Å²) >= 11 is 0. The van der Waals surface area contributed by atoms with Crippen molar-refractivity contribution in [3.8, 4) is 11.5 Å². The number of ether oxygens (including phenoxy) is 2. The maximum absolute atomic E-state index is 12.8. The van der Waals surface area contributed by atoms with E-state index >= 15 is 0 Å². The van der Waals surface area contributed by atoms with Crippen LogP contribution in [-0.4, -0.2) is 50.7 Å². The lowest BCUT2D eigenvalue weighted by molar-refractivity contribution is 0.0690. The van der Waals surface area contributed by atoms with E-state index in [-0.39, 0.29) is 5.91 Å². The van der Waals surface area contributed by atoms with E-state index < -0.39 is 0 Å². The molecule has 1 amide bonds. The van der Waals surface area contributed by atoms with Crippen LogP contribution in [0.25, 0.3) is 0 Å². The molecule has 0 bridgehead atoms. The van der Waals surface area contributed by atoms with Crippen molar-refractivity contribution >= 4 is 5.91 Å². The Morgan fingerprint density at radius 2 is 2.00 bits per heavy atom. The van der Waals surface area contributed by atoms with Crippen molar-refractivity contribution in [2.24, 2.45) is 11.8 Å². The third kappa shape index (κ3) is 5.63. The highest BCUT2D eigenvalue weighted by Gasteiger charge is 2.24. The van der Waals surface area contributed by atoms with E-state index in [4.69, 9.17) is 9.47 Å². The van der Waals surface area contributed by atoms with Crippen molar-refractivity contribution < 1.29 is 14.3 Å². The Morgan fingerprint density at radius 3 is 2.60 bits per heavy atom. The number of carbonyl (C=O) groups is 1. The van der Waals surface area contributed by atoms with E-state index in [1.54, 1.807) is 13.2 Å². The maximum atomic E-state index is 12.8. The fourth-order valence-electron chi connectivity index (χ4n) is 3.05. The van der Waals surface area contributed by atoms with E-state index in [2.05, 4.69) is 26.1 Å². The average molecular weight is 348 g/mol. The van der Waals surface area contributed by atoms with Crippen molar-refractivity contribution in [2.75, 3.05) is 39.9 Å². The zero-order chi connectivity index (χ0) is 18.2. The molecule has 1 saturated heterocycles. The Hall–Kier alpha value is -1.75. The van der Waals surface area contributed by atoms with Crippen LogP contribution in [0, 0.1) is 11.8 Å². The highest BCUT2D eigenvalue weighted by molar-refractivity contribution is 5.95. The average Bonchev–Trinajstić information content (AvgIpc) is 2.64. The van der Waals surface area contributed by atoms with Gasteiger partial charge in [-0.1, -0.05) is 20.8 Å². The first-order chi connectivity index (χ1) is 12.0. The Labute approximate surface area is 151 Å². The summed E-state index contributed by atoms with van der Waals surface area (Å²) in [6, 6.07) is 5.47. The third-order valence-electron chi connectivity index (χ3n) is 4.57. The minimum Gasteiger partial charge on any atom is -0.493 e. The van der Waals surface area contributed by atoms with Gasteiger partial charge < -0.3 is 19.7 Å². The van der Waals surface area contributed by atoms with Crippen LogP contribution in [0.15, 0.2) is 18.2 Å². The molecule has 1 N–H and O–H groups in total. The van der Waals surface area contributed by atoms with E-state index in [1.807, 2.05) is 17.0 Å². The summed E-state index contributed by atoms with van der Waals surface area (Å²) in [4.78, 5) is 14.7. The number of piperidine rings is 1. The minimum atomic E-state index is 0.0793. The molecule has 0 radical (unpaired) electrons.